The number of quaternary nitrogens is 1. The number of hydrogen-bond donors (Lipinski definition) is 1. The highest BCUT2D eigenvalue weighted by Crippen LogP contribution is 2.13. The lowest BCUT2D eigenvalue weighted by Crippen LogP contribution is -2.50. The lowest BCUT2D eigenvalue weighted by molar-refractivity contribution is -0.913. The highest BCUT2D eigenvalue weighted by Gasteiger charge is 2.25. The Morgan fingerprint density at radius 1 is 1.35 bits per heavy atom. The molecule has 6 nitrogen and oxygen atoms in total. The van der Waals surface area contributed by atoms with Crippen LogP contribution in [0.15, 0.2) is 12.7 Å². The predicted molar refractivity (Wildman–Crippen MR) is 78.0 cm³/mol. The zero-order chi connectivity index (χ0) is 16.0. The van der Waals surface area contributed by atoms with Gasteiger partial charge in [-0.05, 0) is 19.9 Å². The smallest absolute Gasteiger partial charge is 0.243 e. The average molecular weight is 306 g/mol. The molecule has 0 aliphatic heterocycles. The van der Waals surface area contributed by atoms with E-state index in [4.69, 9.17) is 0 Å². The zero-order valence-electron chi connectivity index (χ0n) is 12.8. The van der Waals surface area contributed by atoms with E-state index in [2.05, 4.69) is 11.9 Å². The van der Waals surface area contributed by atoms with Gasteiger partial charge in [0.15, 0.2) is 0 Å². The lowest BCUT2D eigenvalue weighted by Gasteiger charge is -2.37. The molecule has 0 aliphatic rings. The molecule has 0 radical (unpaired) electrons. The second kappa shape index (κ2) is 7.75. The van der Waals surface area contributed by atoms with Gasteiger partial charge in [-0.2, -0.15) is 0 Å². The van der Waals surface area contributed by atoms with Crippen molar-refractivity contribution in [2.45, 2.75) is 38.8 Å². The van der Waals surface area contributed by atoms with Crippen molar-refractivity contribution in [1.29, 1.82) is 0 Å². The van der Waals surface area contributed by atoms with Crippen molar-refractivity contribution in [2.75, 3.05) is 26.4 Å². The molecule has 1 amide bonds. The molecule has 0 fully saturated rings. The molecule has 0 spiro atoms. The van der Waals surface area contributed by atoms with Gasteiger partial charge in [0.2, 0.25) is 5.91 Å². The summed E-state index contributed by atoms with van der Waals surface area (Å²) in [4.78, 5) is 11.2. The van der Waals surface area contributed by atoms with E-state index >= 15 is 0 Å². The normalized spacial score (nSPS) is 15.4. The lowest BCUT2D eigenvalue weighted by atomic mass is 10.1. The number of nitrogens with one attached hydrogen (secondary N) is 1. The monoisotopic (exact) mass is 306 g/mol. The molecule has 0 bridgehead atoms. The second-order valence-corrected chi connectivity index (χ2v) is 7.33. The maximum atomic E-state index is 11.2. The summed E-state index contributed by atoms with van der Waals surface area (Å²) in [6.45, 7) is 8.01. The Labute approximate surface area is 122 Å². The Morgan fingerprint density at radius 2 is 1.90 bits per heavy atom. The molecule has 0 aromatic rings. The number of amides is 1. The first-order chi connectivity index (χ1) is 8.98. The highest BCUT2D eigenvalue weighted by atomic mass is 32.2. The third-order valence-electron chi connectivity index (χ3n) is 3.69. The Morgan fingerprint density at radius 3 is 2.35 bits per heavy atom. The molecule has 2 atom stereocenters. The first-order valence-corrected chi connectivity index (χ1v) is 8.25. The largest absolute Gasteiger partial charge is 0.748 e. The minimum Gasteiger partial charge on any atom is -0.748 e. The van der Waals surface area contributed by atoms with Gasteiger partial charge in [0, 0.05) is 24.6 Å². The Balaban J connectivity index is 4.29. The fourth-order valence-electron chi connectivity index (χ4n) is 1.79. The zero-order valence-corrected chi connectivity index (χ0v) is 13.6. The van der Waals surface area contributed by atoms with E-state index in [-0.39, 0.29) is 23.7 Å². The molecule has 0 aliphatic carbocycles. The molecule has 1 N–H and O–H groups in total. The maximum Gasteiger partial charge on any atom is 0.243 e. The fraction of sp³-hybridized carbons (Fsp3) is 0.769. The predicted octanol–water partition coefficient (Wildman–Crippen LogP) is 0.467. The van der Waals surface area contributed by atoms with E-state index in [1.807, 2.05) is 27.9 Å². The third kappa shape index (κ3) is 8.29. The summed E-state index contributed by atoms with van der Waals surface area (Å²) in [5, 5.41) is 2.78. The van der Waals surface area contributed by atoms with Gasteiger partial charge in [0.25, 0.3) is 0 Å². The second-order valence-electron chi connectivity index (χ2n) is 5.80. The fourth-order valence-corrected chi connectivity index (χ4v) is 2.41. The number of nitrogens with zero attached hydrogens (tertiary/aromatic N) is 1. The van der Waals surface area contributed by atoms with Crippen LogP contribution in [0.1, 0.15) is 26.7 Å². The van der Waals surface area contributed by atoms with Gasteiger partial charge >= 0.3 is 0 Å². The molecule has 20 heavy (non-hydrogen) atoms. The van der Waals surface area contributed by atoms with Crippen LogP contribution in [0, 0.1) is 0 Å². The van der Waals surface area contributed by atoms with Crippen molar-refractivity contribution in [2.24, 2.45) is 0 Å². The summed E-state index contributed by atoms with van der Waals surface area (Å²) < 4.78 is 32.6. The van der Waals surface area contributed by atoms with Crippen LogP contribution in [0.2, 0.25) is 0 Å². The van der Waals surface area contributed by atoms with Gasteiger partial charge in [-0.3, -0.25) is 4.79 Å². The summed E-state index contributed by atoms with van der Waals surface area (Å²) in [7, 11) is -0.178. The summed E-state index contributed by atoms with van der Waals surface area (Å²) in [6.07, 6.45) is 2.34. The van der Waals surface area contributed by atoms with Gasteiger partial charge in [-0.25, -0.2) is 8.42 Å². The molecule has 118 valence electrons. The number of carbonyl (C=O) groups excluding carboxylic acids is 1. The van der Waals surface area contributed by atoms with Crippen LogP contribution >= 0.6 is 0 Å². The van der Waals surface area contributed by atoms with Crippen LogP contribution in [0.5, 0.6) is 0 Å². The van der Waals surface area contributed by atoms with Crippen molar-refractivity contribution in [3.05, 3.63) is 12.7 Å². The van der Waals surface area contributed by atoms with Crippen LogP contribution in [-0.4, -0.2) is 61.8 Å². The van der Waals surface area contributed by atoms with Crippen molar-refractivity contribution in [1.82, 2.24) is 5.32 Å². The van der Waals surface area contributed by atoms with Crippen molar-refractivity contribution in [3.63, 3.8) is 0 Å². The van der Waals surface area contributed by atoms with E-state index in [1.54, 1.807) is 0 Å². The molecule has 0 heterocycles. The standard InChI is InChI=1S/C13H26N2O4S/c1-6-13(16)14-11(2)7-9-15(4,5)12(3)8-10-20(17,18)19/h6,11-12H,1,7-10H2,2-5H3,(H-,14,16,17,18,19). The molecule has 2 unspecified atom stereocenters. The minimum atomic E-state index is -4.16. The Hall–Kier alpha value is -0.920. The van der Waals surface area contributed by atoms with Crippen molar-refractivity contribution in [3.8, 4) is 0 Å². The maximum absolute atomic E-state index is 11.2. The molecule has 7 heteroatoms. The summed E-state index contributed by atoms with van der Waals surface area (Å²) in [5.41, 5.74) is 0. The van der Waals surface area contributed by atoms with E-state index in [1.165, 1.54) is 6.08 Å². The van der Waals surface area contributed by atoms with E-state index in [0.29, 0.717) is 10.9 Å². The third-order valence-corrected chi connectivity index (χ3v) is 4.43. The molecule has 0 rings (SSSR count). The quantitative estimate of drug-likeness (QED) is 0.381. The van der Waals surface area contributed by atoms with Gasteiger partial charge in [-0.15, -0.1) is 0 Å². The van der Waals surface area contributed by atoms with Crippen LogP contribution in [0.4, 0.5) is 0 Å². The van der Waals surface area contributed by atoms with Crippen LogP contribution in [0.3, 0.4) is 0 Å². The van der Waals surface area contributed by atoms with Gasteiger partial charge < -0.3 is 14.4 Å². The van der Waals surface area contributed by atoms with Crippen molar-refractivity contribution >= 4 is 16.0 Å². The number of rotatable bonds is 9. The van der Waals surface area contributed by atoms with E-state index in [9.17, 15) is 17.8 Å². The van der Waals surface area contributed by atoms with Gasteiger partial charge in [0.05, 0.1) is 36.8 Å². The number of carbonyl (C=O) groups is 1. The minimum absolute atomic E-state index is 0.0216. The summed E-state index contributed by atoms with van der Waals surface area (Å²) >= 11 is 0. The first kappa shape index (κ1) is 19.1. The Bertz CT molecular complexity index is 432. The molecular weight excluding hydrogens is 280 g/mol. The Kier molecular flexibility index (Phi) is 7.40. The average Bonchev–Trinajstić information content (AvgIpc) is 2.32. The highest BCUT2D eigenvalue weighted by molar-refractivity contribution is 7.85. The molecular formula is C13H26N2O4S. The van der Waals surface area contributed by atoms with E-state index in [0.717, 1.165) is 13.0 Å². The molecule has 0 saturated carbocycles. The summed E-state index contributed by atoms with van der Waals surface area (Å²) in [5.74, 6) is -0.535. The van der Waals surface area contributed by atoms with Crippen molar-refractivity contribution < 1.29 is 22.2 Å². The van der Waals surface area contributed by atoms with Gasteiger partial charge in [-0.1, -0.05) is 6.58 Å². The van der Waals surface area contributed by atoms with E-state index < -0.39 is 10.1 Å². The summed E-state index contributed by atoms with van der Waals surface area (Å²) in [6, 6.07) is 0.0781. The molecule has 0 aromatic heterocycles. The topological polar surface area (TPSA) is 86.3 Å². The van der Waals surface area contributed by atoms with Gasteiger partial charge in [0.1, 0.15) is 0 Å². The SMILES string of the molecule is C=CC(=O)NC(C)CC[N+](C)(C)C(C)CCS(=O)(=O)[O-]. The van der Waals surface area contributed by atoms with Crippen LogP contribution in [0.25, 0.3) is 0 Å². The number of hydrogen-bond acceptors (Lipinski definition) is 4. The molecule has 0 saturated heterocycles. The van der Waals surface area contributed by atoms with Crippen LogP contribution < -0.4 is 5.32 Å². The van der Waals surface area contributed by atoms with Crippen LogP contribution in [-0.2, 0) is 14.9 Å². The molecule has 0 aromatic carbocycles. The first-order valence-electron chi connectivity index (χ1n) is 6.67.